The van der Waals surface area contributed by atoms with E-state index in [2.05, 4.69) is 41.4 Å². The Morgan fingerprint density at radius 2 is 1.82 bits per heavy atom. The van der Waals surface area contributed by atoms with Crippen molar-refractivity contribution in [1.29, 1.82) is 0 Å². The SMILES string of the molecule is COc1ccc2ccc(C3C=CC=C3)nc2c1. The number of nitrogens with zero attached hydrogens (tertiary/aromatic N) is 1. The van der Waals surface area contributed by atoms with Gasteiger partial charge in [0, 0.05) is 17.4 Å². The lowest BCUT2D eigenvalue weighted by Crippen LogP contribution is -1.94. The second-order valence-electron chi connectivity index (χ2n) is 4.09. The molecule has 2 heteroatoms. The molecular weight excluding hydrogens is 210 g/mol. The highest BCUT2D eigenvalue weighted by molar-refractivity contribution is 5.80. The first-order chi connectivity index (χ1) is 8.36. The number of aromatic nitrogens is 1. The molecule has 0 saturated heterocycles. The highest BCUT2D eigenvalue weighted by Crippen LogP contribution is 2.25. The number of ether oxygens (including phenoxy) is 1. The third-order valence-corrected chi connectivity index (χ3v) is 3.01. The van der Waals surface area contributed by atoms with Gasteiger partial charge in [0.1, 0.15) is 5.75 Å². The van der Waals surface area contributed by atoms with Gasteiger partial charge in [-0.3, -0.25) is 4.98 Å². The molecule has 2 aromatic rings. The number of hydrogen-bond acceptors (Lipinski definition) is 2. The molecule has 0 unspecified atom stereocenters. The van der Waals surface area contributed by atoms with Crippen LogP contribution >= 0.6 is 0 Å². The van der Waals surface area contributed by atoms with E-state index in [1.807, 2.05) is 18.2 Å². The molecule has 0 aliphatic heterocycles. The lowest BCUT2D eigenvalue weighted by atomic mass is 10.1. The molecule has 0 saturated carbocycles. The maximum absolute atomic E-state index is 5.22. The van der Waals surface area contributed by atoms with E-state index in [-0.39, 0.29) is 0 Å². The summed E-state index contributed by atoms with van der Waals surface area (Å²) in [5.74, 6) is 1.16. The number of rotatable bonds is 2. The Hall–Kier alpha value is -2.09. The van der Waals surface area contributed by atoms with Crippen LogP contribution in [-0.4, -0.2) is 12.1 Å². The van der Waals surface area contributed by atoms with Crippen molar-refractivity contribution in [1.82, 2.24) is 4.98 Å². The summed E-state index contributed by atoms with van der Waals surface area (Å²) in [6.07, 6.45) is 8.41. The van der Waals surface area contributed by atoms with E-state index in [4.69, 9.17) is 4.74 Å². The van der Waals surface area contributed by atoms with E-state index in [1.54, 1.807) is 7.11 Å². The molecule has 1 aromatic carbocycles. The summed E-state index contributed by atoms with van der Waals surface area (Å²) >= 11 is 0. The summed E-state index contributed by atoms with van der Waals surface area (Å²) in [6, 6.07) is 10.2. The van der Waals surface area contributed by atoms with Crippen LogP contribution in [0.15, 0.2) is 54.6 Å². The van der Waals surface area contributed by atoms with Crippen molar-refractivity contribution in [2.24, 2.45) is 0 Å². The normalized spacial score (nSPS) is 14.6. The summed E-state index contributed by atoms with van der Waals surface area (Å²) in [5, 5.41) is 1.14. The van der Waals surface area contributed by atoms with E-state index in [1.165, 1.54) is 0 Å². The van der Waals surface area contributed by atoms with E-state index < -0.39 is 0 Å². The number of fused-ring (bicyclic) bond motifs is 1. The molecule has 0 radical (unpaired) electrons. The molecule has 84 valence electrons. The van der Waals surface area contributed by atoms with Crippen LogP contribution in [0.2, 0.25) is 0 Å². The lowest BCUT2D eigenvalue weighted by molar-refractivity contribution is 0.415. The van der Waals surface area contributed by atoms with Crippen molar-refractivity contribution in [3.05, 3.63) is 60.3 Å². The van der Waals surface area contributed by atoms with Gasteiger partial charge in [0.25, 0.3) is 0 Å². The fourth-order valence-corrected chi connectivity index (χ4v) is 2.05. The van der Waals surface area contributed by atoms with Crippen LogP contribution in [0.25, 0.3) is 10.9 Å². The maximum atomic E-state index is 5.22. The summed E-state index contributed by atoms with van der Waals surface area (Å²) in [5.41, 5.74) is 2.06. The van der Waals surface area contributed by atoms with Crippen molar-refractivity contribution in [2.45, 2.75) is 5.92 Å². The molecule has 0 amide bonds. The molecule has 0 spiro atoms. The summed E-state index contributed by atoms with van der Waals surface area (Å²) in [4.78, 5) is 4.68. The standard InChI is InChI=1S/C15H13NO/c1-17-13-8-6-12-7-9-14(16-15(12)10-13)11-4-2-3-5-11/h2-11H,1H3. The zero-order valence-corrected chi connectivity index (χ0v) is 9.63. The minimum atomic E-state index is 0.311. The first-order valence-corrected chi connectivity index (χ1v) is 5.66. The number of allylic oxidation sites excluding steroid dienone is 4. The molecule has 2 nitrogen and oxygen atoms in total. The number of pyridine rings is 1. The van der Waals surface area contributed by atoms with Gasteiger partial charge in [-0.05, 0) is 18.2 Å². The molecule has 0 atom stereocenters. The summed E-state index contributed by atoms with van der Waals surface area (Å²) < 4.78 is 5.22. The van der Waals surface area contributed by atoms with E-state index in [9.17, 15) is 0 Å². The van der Waals surface area contributed by atoms with Gasteiger partial charge in [-0.15, -0.1) is 0 Å². The Morgan fingerprint density at radius 3 is 2.59 bits per heavy atom. The molecule has 1 aliphatic rings. The molecule has 1 aromatic heterocycles. The Kier molecular flexibility index (Phi) is 2.41. The minimum Gasteiger partial charge on any atom is -0.497 e. The van der Waals surface area contributed by atoms with E-state index >= 15 is 0 Å². The predicted octanol–water partition coefficient (Wildman–Crippen LogP) is 3.45. The van der Waals surface area contributed by atoms with Gasteiger partial charge in [-0.1, -0.05) is 30.4 Å². The first kappa shape index (κ1) is 10.1. The fourth-order valence-electron chi connectivity index (χ4n) is 2.05. The van der Waals surface area contributed by atoms with Gasteiger partial charge in [-0.25, -0.2) is 0 Å². The molecule has 1 heterocycles. The van der Waals surface area contributed by atoms with Crippen molar-refractivity contribution < 1.29 is 4.74 Å². The zero-order chi connectivity index (χ0) is 11.7. The van der Waals surface area contributed by atoms with E-state index in [0.29, 0.717) is 5.92 Å². The van der Waals surface area contributed by atoms with Crippen LogP contribution in [0.1, 0.15) is 11.6 Å². The van der Waals surface area contributed by atoms with Crippen LogP contribution in [-0.2, 0) is 0 Å². The van der Waals surface area contributed by atoms with Crippen molar-refractivity contribution >= 4 is 10.9 Å². The van der Waals surface area contributed by atoms with Crippen LogP contribution in [0.4, 0.5) is 0 Å². The highest BCUT2D eigenvalue weighted by atomic mass is 16.5. The Balaban J connectivity index is 2.10. The van der Waals surface area contributed by atoms with Crippen molar-refractivity contribution in [3.8, 4) is 5.75 Å². The van der Waals surface area contributed by atoms with Crippen molar-refractivity contribution in [2.75, 3.05) is 7.11 Å². The zero-order valence-electron chi connectivity index (χ0n) is 9.63. The quantitative estimate of drug-likeness (QED) is 0.778. The van der Waals surface area contributed by atoms with Gasteiger partial charge in [-0.2, -0.15) is 0 Å². The Bertz CT molecular complexity index is 601. The number of hydrogen-bond donors (Lipinski definition) is 0. The molecule has 3 rings (SSSR count). The van der Waals surface area contributed by atoms with Crippen LogP contribution in [0.5, 0.6) is 5.75 Å². The fraction of sp³-hybridized carbons (Fsp3) is 0.133. The molecular formula is C15H13NO. The second kappa shape index (κ2) is 4.06. The topological polar surface area (TPSA) is 22.1 Å². The largest absolute Gasteiger partial charge is 0.497 e. The van der Waals surface area contributed by atoms with Gasteiger partial charge >= 0.3 is 0 Å². The highest BCUT2D eigenvalue weighted by Gasteiger charge is 2.09. The van der Waals surface area contributed by atoms with Crippen LogP contribution < -0.4 is 4.74 Å². The van der Waals surface area contributed by atoms with Crippen LogP contribution in [0.3, 0.4) is 0 Å². The molecule has 0 N–H and O–H groups in total. The maximum Gasteiger partial charge on any atom is 0.121 e. The average molecular weight is 223 g/mol. The van der Waals surface area contributed by atoms with Crippen LogP contribution in [0, 0.1) is 0 Å². The molecule has 0 fully saturated rings. The summed E-state index contributed by atoms with van der Waals surface area (Å²) in [6.45, 7) is 0. The lowest BCUT2D eigenvalue weighted by Gasteiger charge is -2.07. The Labute approximate surface area is 100 Å². The second-order valence-corrected chi connectivity index (χ2v) is 4.09. The summed E-state index contributed by atoms with van der Waals surface area (Å²) in [7, 11) is 1.67. The third-order valence-electron chi connectivity index (χ3n) is 3.01. The number of benzene rings is 1. The monoisotopic (exact) mass is 223 g/mol. The molecule has 17 heavy (non-hydrogen) atoms. The van der Waals surface area contributed by atoms with Gasteiger partial charge in [0.05, 0.1) is 18.3 Å². The third kappa shape index (κ3) is 1.82. The van der Waals surface area contributed by atoms with E-state index in [0.717, 1.165) is 22.3 Å². The van der Waals surface area contributed by atoms with Gasteiger partial charge < -0.3 is 4.74 Å². The predicted molar refractivity (Wildman–Crippen MR) is 69.3 cm³/mol. The van der Waals surface area contributed by atoms with Gasteiger partial charge in [0.15, 0.2) is 0 Å². The Morgan fingerprint density at radius 1 is 1.06 bits per heavy atom. The number of methoxy groups -OCH3 is 1. The molecule has 1 aliphatic carbocycles. The molecule has 0 bridgehead atoms. The first-order valence-electron chi connectivity index (χ1n) is 5.66. The smallest absolute Gasteiger partial charge is 0.121 e. The minimum absolute atomic E-state index is 0.311. The average Bonchev–Trinajstić information content (AvgIpc) is 2.91. The van der Waals surface area contributed by atoms with Crippen molar-refractivity contribution in [3.63, 3.8) is 0 Å². The van der Waals surface area contributed by atoms with Gasteiger partial charge in [0.2, 0.25) is 0 Å².